The molecule has 1 N–H and O–H groups in total. The highest BCUT2D eigenvalue weighted by Crippen LogP contribution is 2.28. The van der Waals surface area contributed by atoms with E-state index in [0.717, 1.165) is 56.1 Å². The van der Waals surface area contributed by atoms with E-state index in [1.54, 1.807) is 0 Å². The lowest BCUT2D eigenvalue weighted by Gasteiger charge is -2.32. The molecule has 1 saturated heterocycles. The van der Waals surface area contributed by atoms with Crippen LogP contribution < -0.4 is 0 Å². The van der Waals surface area contributed by atoms with Crippen LogP contribution >= 0.6 is 0 Å². The molecule has 2 aromatic heterocycles. The summed E-state index contributed by atoms with van der Waals surface area (Å²) in [6, 6.07) is 19.0. The predicted octanol–water partition coefficient (Wildman–Crippen LogP) is 4.91. The summed E-state index contributed by atoms with van der Waals surface area (Å²) in [7, 11) is 0. The standard InChI is InChI=1S/C27H31N5O/c1-19-16-24-17-23(27-28-20(2)29-30-27)9-10-25(24)32(19)18-22-12-14-31(15-13-22)26(33)11-8-21-6-4-3-5-7-21/h3-7,9-10,16-17,22H,8,11-15,18H2,1-2H3,(H,28,29,30). The largest absolute Gasteiger partial charge is 0.345 e. The zero-order valence-corrected chi connectivity index (χ0v) is 19.4. The highest BCUT2D eigenvalue weighted by molar-refractivity contribution is 5.85. The highest BCUT2D eigenvalue weighted by Gasteiger charge is 2.23. The predicted molar refractivity (Wildman–Crippen MR) is 131 cm³/mol. The van der Waals surface area contributed by atoms with Gasteiger partial charge in [-0.3, -0.25) is 9.89 Å². The molecule has 0 bridgehead atoms. The summed E-state index contributed by atoms with van der Waals surface area (Å²) in [4.78, 5) is 19.2. The highest BCUT2D eigenvalue weighted by atomic mass is 16.2. The van der Waals surface area contributed by atoms with Crippen LogP contribution in [0.2, 0.25) is 0 Å². The zero-order chi connectivity index (χ0) is 22.8. The number of nitrogens with zero attached hydrogens (tertiary/aromatic N) is 4. The summed E-state index contributed by atoms with van der Waals surface area (Å²) >= 11 is 0. The molecule has 1 aliphatic heterocycles. The van der Waals surface area contributed by atoms with Gasteiger partial charge in [0.25, 0.3) is 0 Å². The SMILES string of the molecule is Cc1n[nH]c(-c2ccc3c(c2)cc(C)n3CC2CCN(C(=O)CCc3ccccc3)CC2)n1. The Morgan fingerprint density at radius 3 is 2.58 bits per heavy atom. The number of carbonyl (C=O) groups excluding carboxylic acids is 1. The number of H-pyrrole nitrogens is 1. The van der Waals surface area contributed by atoms with E-state index >= 15 is 0 Å². The first-order valence-electron chi connectivity index (χ1n) is 11.9. The smallest absolute Gasteiger partial charge is 0.222 e. The van der Waals surface area contributed by atoms with E-state index in [0.29, 0.717) is 12.3 Å². The Morgan fingerprint density at radius 1 is 1.06 bits per heavy atom. The van der Waals surface area contributed by atoms with Gasteiger partial charge < -0.3 is 9.47 Å². The second-order valence-electron chi connectivity index (χ2n) is 9.21. The number of aromatic nitrogens is 4. The molecule has 4 aromatic rings. The molecular formula is C27H31N5O. The van der Waals surface area contributed by atoms with E-state index < -0.39 is 0 Å². The molecule has 0 radical (unpaired) electrons. The lowest BCUT2D eigenvalue weighted by molar-refractivity contribution is -0.132. The van der Waals surface area contributed by atoms with Crippen LogP contribution in [-0.2, 0) is 17.8 Å². The van der Waals surface area contributed by atoms with Crippen molar-refractivity contribution in [2.24, 2.45) is 5.92 Å². The average molecular weight is 442 g/mol. The van der Waals surface area contributed by atoms with E-state index in [-0.39, 0.29) is 5.91 Å². The maximum Gasteiger partial charge on any atom is 0.222 e. The first-order valence-corrected chi connectivity index (χ1v) is 11.9. The molecule has 1 aliphatic rings. The van der Waals surface area contributed by atoms with Crippen molar-refractivity contribution in [2.75, 3.05) is 13.1 Å². The topological polar surface area (TPSA) is 66.8 Å². The van der Waals surface area contributed by atoms with Crippen molar-refractivity contribution in [1.82, 2.24) is 24.6 Å². The molecule has 0 aliphatic carbocycles. The number of benzene rings is 2. The number of hydrogen-bond donors (Lipinski definition) is 1. The number of aromatic amines is 1. The number of rotatable bonds is 6. The molecule has 0 unspecified atom stereocenters. The number of carbonyl (C=O) groups is 1. The van der Waals surface area contributed by atoms with Gasteiger partial charge in [0, 0.05) is 48.2 Å². The fraction of sp³-hybridized carbons (Fsp3) is 0.370. The third-order valence-electron chi connectivity index (χ3n) is 6.86. The van der Waals surface area contributed by atoms with Crippen molar-refractivity contribution in [3.05, 3.63) is 71.7 Å². The van der Waals surface area contributed by atoms with Crippen molar-refractivity contribution in [3.8, 4) is 11.4 Å². The van der Waals surface area contributed by atoms with Crippen LogP contribution in [0, 0.1) is 19.8 Å². The summed E-state index contributed by atoms with van der Waals surface area (Å²) < 4.78 is 2.43. The van der Waals surface area contributed by atoms with Crippen LogP contribution in [0.25, 0.3) is 22.3 Å². The molecular weight excluding hydrogens is 410 g/mol. The minimum absolute atomic E-state index is 0.287. The summed E-state index contributed by atoms with van der Waals surface area (Å²) in [5.41, 5.74) is 4.82. The summed E-state index contributed by atoms with van der Waals surface area (Å²) in [5, 5.41) is 8.38. The number of nitrogens with one attached hydrogen (secondary N) is 1. The van der Waals surface area contributed by atoms with Crippen molar-refractivity contribution in [3.63, 3.8) is 0 Å². The van der Waals surface area contributed by atoms with Crippen molar-refractivity contribution < 1.29 is 4.79 Å². The van der Waals surface area contributed by atoms with Gasteiger partial charge in [0.2, 0.25) is 5.91 Å². The van der Waals surface area contributed by atoms with Crippen molar-refractivity contribution in [1.29, 1.82) is 0 Å². The third-order valence-corrected chi connectivity index (χ3v) is 6.86. The van der Waals surface area contributed by atoms with Crippen LogP contribution in [0.5, 0.6) is 0 Å². The molecule has 1 fully saturated rings. The number of fused-ring (bicyclic) bond motifs is 1. The second-order valence-corrected chi connectivity index (χ2v) is 9.21. The average Bonchev–Trinajstić information content (AvgIpc) is 3.41. The quantitative estimate of drug-likeness (QED) is 0.462. The van der Waals surface area contributed by atoms with Gasteiger partial charge in [-0.15, -0.1) is 0 Å². The minimum Gasteiger partial charge on any atom is -0.345 e. The summed E-state index contributed by atoms with van der Waals surface area (Å²) in [6.45, 7) is 6.81. The molecule has 2 aromatic carbocycles. The molecule has 6 heteroatoms. The second kappa shape index (κ2) is 9.22. The van der Waals surface area contributed by atoms with E-state index in [1.807, 2.05) is 25.1 Å². The van der Waals surface area contributed by atoms with Crippen molar-refractivity contribution >= 4 is 16.8 Å². The van der Waals surface area contributed by atoms with E-state index in [4.69, 9.17) is 0 Å². The van der Waals surface area contributed by atoms with Gasteiger partial charge in [-0.1, -0.05) is 30.3 Å². The van der Waals surface area contributed by atoms with Crippen LogP contribution in [0.4, 0.5) is 0 Å². The third kappa shape index (κ3) is 4.70. The van der Waals surface area contributed by atoms with Crippen LogP contribution in [0.3, 0.4) is 0 Å². The lowest BCUT2D eigenvalue weighted by Crippen LogP contribution is -2.39. The van der Waals surface area contributed by atoms with Crippen LogP contribution in [-0.4, -0.2) is 43.6 Å². The maximum absolute atomic E-state index is 12.7. The summed E-state index contributed by atoms with van der Waals surface area (Å²) in [6.07, 6.45) is 3.55. The van der Waals surface area contributed by atoms with E-state index in [9.17, 15) is 4.79 Å². The number of aryl methyl sites for hydroxylation is 3. The maximum atomic E-state index is 12.7. The lowest BCUT2D eigenvalue weighted by atomic mass is 9.96. The molecule has 0 atom stereocenters. The van der Waals surface area contributed by atoms with Gasteiger partial charge in [0.1, 0.15) is 5.82 Å². The van der Waals surface area contributed by atoms with Crippen molar-refractivity contribution in [2.45, 2.75) is 46.1 Å². The number of likely N-dealkylation sites (tertiary alicyclic amines) is 1. The van der Waals surface area contributed by atoms with Gasteiger partial charge in [-0.2, -0.15) is 5.10 Å². The van der Waals surface area contributed by atoms with Gasteiger partial charge in [0.05, 0.1) is 0 Å². The molecule has 33 heavy (non-hydrogen) atoms. The first kappa shape index (κ1) is 21.4. The monoisotopic (exact) mass is 441 g/mol. The Morgan fingerprint density at radius 2 is 1.85 bits per heavy atom. The molecule has 3 heterocycles. The van der Waals surface area contributed by atoms with Gasteiger partial charge in [-0.25, -0.2) is 4.98 Å². The normalized spacial score (nSPS) is 14.8. The minimum atomic E-state index is 0.287. The van der Waals surface area contributed by atoms with Crippen LogP contribution in [0.1, 0.15) is 36.3 Å². The van der Waals surface area contributed by atoms with Gasteiger partial charge in [0.15, 0.2) is 5.82 Å². The Bertz CT molecular complexity index is 1250. The number of amides is 1. The molecule has 1 amide bonds. The van der Waals surface area contributed by atoms with Gasteiger partial charge in [-0.05, 0) is 68.9 Å². The Kier molecular flexibility index (Phi) is 5.99. The zero-order valence-electron chi connectivity index (χ0n) is 19.4. The Labute approximate surface area is 194 Å². The molecule has 6 nitrogen and oxygen atoms in total. The fourth-order valence-corrected chi connectivity index (χ4v) is 4.95. The van der Waals surface area contributed by atoms with Gasteiger partial charge >= 0.3 is 0 Å². The fourth-order valence-electron chi connectivity index (χ4n) is 4.95. The van der Waals surface area contributed by atoms with E-state index in [2.05, 4.69) is 68.0 Å². The molecule has 0 saturated carbocycles. The Hall–Kier alpha value is -3.41. The number of hydrogen-bond acceptors (Lipinski definition) is 3. The van der Waals surface area contributed by atoms with E-state index in [1.165, 1.54) is 22.2 Å². The first-order chi connectivity index (χ1) is 16.1. The Balaban J connectivity index is 1.20. The molecule has 5 rings (SSSR count). The van der Waals surface area contributed by atoms with Crippen LogP contribution in [0.15, 0.2) is 54.6 Å². The number of piperidine rings is 1. The molecule has 0 spiro atoms. The summed E-state index contributed by atoms with van der Waals surface area (Å²) in [5.74, 6) is 2.44. The molecule has 170 valence electrons.